The molecule has 0 N–H and O–H groups in total. The van der Waals surface area contributed by atoms with E-state index in [9.17, 15) is 0 Å². The van der Waals surface area contributed by atoms with Gasteiger partial charge in [-0.1, -0.05) is 59.7 Å². The van der Waals surface area contributed by atoms with Gasteiger partial charge in [-0.2, -0.15) is 0 Å². The molecule has 0 nitrogen and oxygen atoms in total. The quantitative estimate of drug-likeness (QED) is 0.343. The van der Waals surface area contributed by atoms with Crippen molar-refractivity contribution in [2.45, 2.75) is 13.8 Å². The minimum atomic E-state index is 1.28. The molecule has 1 heteroatoms. The molecule has 0 saturated heterocycles. The van der Waals surface area contributed by atoms with Gasteiger partial charge < -0.3 is 0 Å². The van der Waals surface area contributed by atoms with Gasteiger partial charge in [0.2, 0.25) is 20.9 Å². The lowest BCUT2D eigenvalue weighted by Gasteiger charge is -2.06. The summed E-state index contributed by atoms with van der Waals surface area (Å²) in [6.07, 6.45) is 0. The van der Waals surface area contributed by atoms with Crippen molar-refractivity contribution in [3.05, 3.63) is 90.0 Å². The largest absolute Gasteiger partial charge is 0.239 e. The number of hydrogen-bond acceptors (Lipinski definition) is 0. The summed E-state index contributed by atoms with van der Waals surface area (Å²) >= 11 is 1.86. The first kappa shape index (κ1) is 15.0. The van der Waals surface area contributed by atoms with E-state index in [0.29, 0.717) is 0 Å². The maximum Gasteiger partial charge on any atom is 0.239 e. The average molecular weight is 327 g/mol. The molecule has 0 aliphatic heterocycles. The Morgan fingerprint density at radius 3 is 2.08 bits per heavy atom. The van der Waals surface area contributed by atoms with Crippen LogP contribution in [0.4, 0.5) is 0 Å². The highest BCUT2D eigenvalue weighted by Gasteiger charge is 2.18. The van der Waals surface area contributed by atoms with E-state index in [4.69, 9.17) is 0 Å². The molecule has 116 valence electrons. The summed E-state index contributed by atoms with van der Waals surface area (Å²) in [5.74, 6) is 0. The van der Waals surface area contributed by atoms with E-state index in [1.165, 1.54) is 42.8 Å². The third-order valence-corrected chi connectivity index (χ3v) is 5.49. The SMILES string of the molecule is Cc1ccc(-c2cc(-c3ccccc3)[s+]c3ccc(C)cc23)cc1. The fourth-order valence-electron chi connectivity index (χ4n) is 3.02. The van der Waals surface area contributed by atoms with Crippen LogP contribution in [0.15, 0.2) is 78.9 Å². The number of rotatable bonds is 2. The smallest absolute Gasteiger partial charge is 0.0622 e. The molecule has 4 rings (SSSR count). The predicted molar refractivity (Wildman–Crippen MR) is 107 cm³/mol. The maximum atomic E-state index is 2.34. The Morgan fingerprint density at radius 1 is 0.625 bits per heavy atom. The highest BCUT2D eigenvalue weighted by Crippen LogP contribution is 2.38. The molecule has 1 heterocycles. The van der Waals surface area contributed by atoms with Crippen molar-refractivity contribution in [2.24, 2.45) is 0 Å². The van der Waals surface area contributed by atoms with Crippen LogP contribution in [0.25, 0.3) is 31.7 Å². The lowest BCUT2D eigenvalue weighted by molar-refractivity contribution is 1.47. The monoisotopic (exact) mass is 327 g/mol. The molecule has 1 aromatic heterocycles. The van der Waals surface area contributed by atoms with Crippen LogP contribution >= 0.6 is 11.3 Å². The van der Waals surface area contributed by atoms with Crippen LogP contribution in [0.5, 0.6) is 0 Å². The fourth-order valence-corrected chi connectivity index (χ4v) is 4.10. The lowest BCUT2D eigenvalue weighted by atomic mass is 9.99. The topological polar surface area (TPSA) is 0 Å². The average Bonchev–Trinajstić information content (AvgIpc) is 2.62. The Morgan fingerprint density at radius 2 is 1.33 bits per heavy atom. The first-order chi connectivity index (χ1) is 11.7. The molecule has 0 bridgehead atoms. The van der Waals surface area contributed by atoms with Gasteiger partial charge in [-0.3, -0.25) is 0 Å². The minimum Gasteiger partial charge on any atom is -0.0622 e. The van der Waals surface area contributed by atoms with Gasteiger partial charge in [0.15, 0.2) is 0 Å². The molecule has 0 aliphatic carbocycles. The van der Waals surface area contributed by atoms with Gasteiger partial charge in [-0.25, -0.2) is 0 Å². The van der Waals surface area contributed by atoms with Gasteiger partial charge >= 0.3 is 0 Å². The highest BCUT2D eigenvalue weighted by molar-refractivity contribution is 7.21. The predicted octanol–water partition coefficient (Wildman–Crippen LogP) is 7.13. The van der Waals surface area contributed by atoms with Crippen LogP contribution in [-0.2, 0) is 0 Å². The van der Waals surface area contributed by atoms with Gasteiger partial charge in [0.1, 0.15) is 0 Å². The van der Waals surface area contributed by atoms with Gasteiger partial charge in [0.05, 0.1) is 0 Å². The second-order valence-corrected chi connectivity index (χ2v) is 7.34. The van der Waals surface area contributed by atoms with Crippen LogP contribution in [0.2, 0.25) is 0 Å². The van der Waals surface area contributed by atoms with Crippen LogP contribution in [0.1, 0.15) is 11.1 Å². The van der Waals surface area contributed by atoms with Gasteiger partial charge in [0.25, 0.3) is 0 Å². The second kappa shape index (κ2) is 6.18. The van der Waals surface area contributed by atoms with Crippen molar-refractivity contribution in [2.75, 3.05) is 0 Å². The summed E-state index contributed by atoms with van der Waals surface area (Å²) in [7, 11) is 0. The first-order valence-corrected chi connectivity index (χ1v) is 9.02. The van der Waals surface area contributed by atoms with Crippen LogP contribution < -0.4 is 0 Å². The summed E-state index contributed by atoms with van der Waals surface area (Å²) in [4.78, 5) is 1.31. The van der Waals surface area contributed by atoms with Crippen LogP contribution in [-0.4, -0.2) is 0 Å². The Labute approximate surface area is 147 Å². The van der Waals surface area contributed by atoms with Gasteiger partial charge in [0, 0.05) is 28.6 Å². The number of hydrogen-bond donors (Lipinski definition) is 0. The van der Waals surface area contributed by atoms with Crippen molar-refractivity contribution in [3.8, 4) is 21.6 Å². The number of fused-ring (bicyclic) bond motifs is 1. The summed E-state index contributed by atoms with van der Waals surface area (Å²) in [5, 5.41) is 1.34. The number of aryl methyl sites for hydroxylation is 2. The minimum absolute atomic E-state index is 1.28. The van der Waals surface area contributed by atoms with Crippen molar-refractivity contribution in [3.63, 3.8) is 0 Å². The molecular weight excluding hydrogens is 308 g/mol. The molecule has 0 aliphatic rings. The van der Waals surface area contributed by atoms with E-state index in [2.05, 4.69) is 92.7 Å². The van der Waals surface area contributed by atoms with E-state index < -0.39 is 0 Å². The van der Waals surface area contributed by atoms with Crippen molar-refractivity contribution in [1.29, 1.82) is 0 Å². The summed E-state index contributed by atoms with van der Waals surface area (Å²) in [5.41, 5.74) is 6.46. The Kier molecular flexibility index (Phi) is 3.87. The molecule has 0 atom stereocenters. The van der Waals surface area contributed by atoms with Crippen molar-refractivity contribution < 1.29 is 0 Å². The van der Waals surface area contributed by atoms with E-state index in [-0.39, 0.29) is 0 Å². The van der Waals surface area contributed by atoms with E-state index >= 15 is 0 Å². The molecule has 0 radical (unpaired) electrons. The Bertz CT molecular complexity index is 999. The summed E-state index contributed by atoms with van der Waals surface area (Å²) in [6, 6.07) is 28.6. The molecule has 0 saturated carbocycles. The third kappa shape index (κ3) is 2.83. The summed E-state index contributed by atoms with van der Waals surface area (Å²) < 4.78 is 1.33. The van der Waals surface area contributed by atoms with Gasteiger partial charge in [-0.15, -0.1) is 0 Å². The Hall–Kier alpha value is -2.51. The second-order valence-electron chi connectivity index (χ2n) is 6.26. The van der Waals surface area contributed by atoms with Gasteiger partial charge in [-0.05, 0) is 37.6 Å². The van der Waals surface area contributed by atoms with Crippen LogP contribution in [0.3, 0.4) is 0 Å². The molecule has 4 aromatic rings. The number of benzene rings is 3. The lowest BCUT2D eigenvalue weighted by Crippen LogP contribution is -1.85. The fraction of sp³-hybridized carbons (Fsp3) is 0.0870. The van der Waals surface area contributed by atoms with E-state index in [1.54, 1.807) is 0 Å². The van der Waals surface area contributed by atoms with Crippen molar-refractivity contribution in [1.82, 2.24) is 0 Å². The van der Waals surface area contributed by atoms with E-state index in [0.717, 1.165) is 0 Å². The molecular formula is C23H19S+. The zero-order chi connectivity index (χ0) is 16.5. The first-order valence-electron chi connectivity index (χ1n) is 8.21. The molecule has 0 spiro atoms. The standard InChI is InChI=1S/C23H19S/c1-16-8-11-18(12-9-16)20-15-23(19-6-4-3-5-7-19)24-22-13-10-17(2)14-21(20)22/h3-15H,1-2H3/q+1. The molecule has 0 amide bonds. The normalized spacial score (nSPS) is 10.9. The van der Waals surface area contributed by atoms with Crippen molar-refractivity contribution >= 4 is 21.4 Å². The third-order valence-electron chi connectivity index (χ3n) is 4.34. The van der Waals surface area contributed by atoms with E-state index in [1.807, 2.05) is 11.3 Å². The Balaban J connectivity index is 2.01. The molecule has 0 unspecified atom stereocenters. The zero-order valence-corrected chi connectivity index (χ0v) is 14.7. The maximum absolute atomic E-state index is 2.34. The molecule has 3 aromatic carbocycles. The summed E-state index contributed by atoms with van der Waals surface area (Å²) in [6.45, 7) is 4.29. The van der Waals surface area contributed by atoms with Crippen LogP contribution in [0, 0.1) is 13.8 Å². The highest BCUT2D eigenvalue weighted by atomic mass is 32.1. The molecule has 0 fully saturated rings. The molecule has 24 heavy (non-hydrogen) atoms. The zero-order valence-electron chi connectivity index (χ0n) is 13.9.